The van der Waals surface area contributed by atoms with E-state index < -0.39 is 25.2 Å². The van der Waals surface area contributed by atoms with Crippen LogP contribution in [0.2, 0.25) is 0 Å². The SMILES string of the molecule is O=S(=O)([O-])C(F)S(F)(F)(F)(F)F. The second-order valence-corrected chi connectivity index (χ2v) is 5.96. The van der Waals surface area contributed by atoms with Crippen molar-refractivity contribution in [3.63, 3.8) is 0 Å². The Hall–Kier alpha value is -0.160. The molecule has 3 nitrogen and oxygen atoms in total. The molecule has 0 saturated heterocycles. The van der Waals surface area contributed by atoms with Gasteiger partial charge in [-0.2, -0.15) is 0 Å². The van der Waals surface area contributed by atoms with Crippen molar-refractivity contribution < 1.29 is 36.8 Å². The topological polar surface area (TPSA) is 57.2 Å². The van der Waals surface area contributed by atoms with Crippen LogP contribution in [0.3, 0.4) is 0 Å². The minimum absolute atomic E-state index is 5.64. The lowest BCUT2D eigenvalue weighted by molar-refractivity contribution is 0.298. The number of rotatable bonds is 2. The third kappa shape index (κ3) is 3.06. The quantitative estimate of drug-likeness (QED) is 0.547. The van der Waals surface area contributed by atoms with E-state index in [1.54, 1.807) is 0 Å². The van der Waals surface area contributed by atoms with Gasteiger partial charge in [0.1, 0.15) is 10.1 Å². The van der Waals surface area contributed by atoms with Gasteiger partial charge in [0.25, 0.3) is 0 Å². The van der Waals surface area contributed by atoms with Crippen LogP contribution in [-0.2, 0) is 10.1 Å². The smallest absolute Gasteiger partial charge is 0.326 e. The zero-order valence-corrected chi connectivity index (χ0v) is 6.52. The minimum Gasteiger partial charge on any atom is -0.745 e. The molecule has 0 bridgehead atoms. The van der Waals surface area contributed by atoms with Gasteiger partial charge in [-0.05, 0) is 0 Å². The van der Waals surface area contributed by atoms with E-state index in [2.05, 4.69) is 0 Å². The van der Waals surface area contributed by atoms with Crippen LogP contribution >= 0.6 is 10.2 Å². The van der Waals surface area contributed by atoms with Crippen LogP contribution in [-0.4, -0.2) is 17.8 Å². The molecule has 1 unspecified atom stereocenters. The van der Waals surface area contributed by atoms with E-state index in [4.69, 9.17) is 0 Å². The molecule has 0 aromatic heterocycles. The van der Waals surface area contributed by atoms with Gasteiger partial charge in [-0.15, -0.1) is 0 Å². The summed E-state index contributed by atoms with van der Waals surface area (Å²) in [6.07, 6.45) is 0. The molecule has 1 atom stereocenters. The minimum atomic E-state index is -10.9. The molecule has 12 heavy (non-hydrogen) atoms. The fourth-order valence-corrected chi connectivity index (χ4v) is 2.00. The maximum absolute atomic E-state index is 11.5. The van der Waals surface area contributed by atoms with Crippen molar-refractivity contribution >= 4 is 20.3 Å². The van der Waals surface area contributed by atoms with Gasteiger partial charge in [-0.25, -0.2) is 12.8 Å². The third-order valence-corrected chi connectivity index (χ3v) is 3.53. The monoisotopic (exact) mass is 239 g/mol. The number of hydrogen-bond acceptors (Lipinski definition) is 3. The van der Waals surface area contributed by atoms with Crippen molar-refractivity contribution in [2.45, 2.75) is 4.84 Å². The highest BCUT2D eigenvalue weighted by atomic mass is 32.5. The summed E-state index contributed by atoms with van der Waals surface area (Å²) in [7, 11) is -17.6. The van der Waals surface area contributed by atoms with Gasteiger partial charge in [0, 0.05) is 0 Å². The molecule has 11 heteroatoms. The number of alkyl halides is 1. The molecule has 0 aliphatic rings. The summed E-state index contributed by atoms with van der Waals surface area (Å²) in [6.45, 7) is 0. The van der Waals surface area contributed by atoms with Gasteiger partial charge in [0.2, 0.25) is 0 Å². The van der Waals surface area contributed by atoms with Gasteiger partial charge >= 0.3 is 15.1 Å². The van der Waals surface area contributed by atoms with Crippen molar-refractivity contribution in [2.75, 3.05) is 0 Å². The molecule has 0 radical (unpaired) electrons. The van der Waals surface area contributed by atoms with E-state index in [-0.39, 0.29) is 0 Å². The molecule has 0 rings (SSSR count). The maximum atomic E-state index is 11.5. The van der Waals surface area contributed by atoms with E-state index in [9.17, 15) is 36.8 Å². The van der Waals surface area contributed by atoms with Crippen molar-refractivity contribution in [3.05, 3.63) is 0 Å². The molecule has 0 aliphatic carbocycles. The predicted octanol–water partition coefficient (Wildman–Crippen LogP) is 2.08. The molecule has 0 heterocycles. The second kappa shape index (κ2) is 1.85. The highest BCUT2D eigenvalue weighted by molar-refractivity contribution is 8.49. The Morgan fingerprint density at radius 1 is 1.08 bits per heavy atom. The van der Waals surface area contributed by atoms with Gasteiger partial charge in [-0.1, -0.05) is 19.4 Å². The van der Waals surface area contributed by atoms with Crippen LogP contribution in [0, 0.1) is 0 Å². The molecule has 78 valence electrons. The third-order valence-electron chi connectivity index (χ3n) is 0.577. The first-order chi connectivity index (χ1) is 4.64. The summed E-state index contributed by atoms with van der Waals surface area (Å²) >= 11 is 0. The lowest BCUT2D eigenvalue weighted by atomic mass is 11.8. The fourth-order valence-electron chi connectivity index (χ4n) is 0.223. The first-order valence-electron chi connectivity index (χ1n) is 1.96. The summed E-state index contributed by atoms with van der Waals surface area (Å²) in [5.74, 6) is 0. The van der Waals surface area contributed by atoms with E-state index in [1.807, 2.05) is 0 Å². The molecule has 0 aromatic carbocycles. The zero-order valence-electron chi connectivity index (χ0n) is 4.89. The highest BCUT2D eigenvalue weighted by Gasteiger charge is 2.74. The molecule has 0 fully saturated rings. The van der Waals surface area contributed by atoms with Gasteiger partial charge in [-0.3, -0.25) is 0 Å². The Bertz CT molecular complexity index is 283. The molecular weight excluding hydrogens is 238 g/mol. The molecule has 0 aliphatic heterocycles. The summed E-state index contributed by atoms with van der Waals surface area (Å²) in [6, 6.07) is 0. The van der Waals surface area contributed by atoms with Crippen LogP contribution in [0.15, 0.2) is 0 Å². The van der Waals surface area contributed by atoms with Crippen molar-refractivity contribution in [2.24, 2.45) is 0 Å². The Balaban J connectivity index is 5.42. The lowest BCUT2D eigenvalue weighted by Crippen LogP contribution is -2.28. The molecule has 0 saturated carbocycles. The zero-order chi connectivity index (χ0) is 10.5. The summed E-state index contributed by atoms with van der Waals surface area (Å²) < 4.78 is 95.1. The maximum Gasteiger partial charge on any atom is 0.326 e. The summed E-state index contributed by atoms with van der Waals surface area (Å²) in [5.41, 5.74) is 0. The average Bonchev–Trinajstić information content (AvgIpc) is 1.54. The van der Waals surface area contributed by atoms with Crippen LogP contribution < -0.4 is 0 Å². The van der Waals surface area contributed by atoms with Crippen molar-refractivity contribution in [1.29, 1.82) is 0 Å². The average molecular weight is 239 g/mol. The van der Waals surface area contributed by atoms with Crippen molar-refractivity contribution in [1.82, 2.24) is 0 Å². The molecule has 0 N–H and O–H groups in total. The highest BCUT2D eigenvalue weighted by Crippen LogP contribution is 3.01. The largest absolute Gasteiger partial charge is 0.745 e. The Kier molecular flexibility index (Phi) is 1.82. The molecule has 0 amide bonds. The molecule has 0 spiro atoms. The van der Waals surface area contributed by atoms with Gasteiger partial charge < -0.3 is 4.55 Å². The first-order valence-corrected chi connectivity index (χ1v) is 5.45. The second-order valence-electron chi connectivity index (χ2n) is 1.80. The first kappa shape index (κ1) is 11.8. The molecule has 0 aromatic rings. The van der Waals surface area contributed by atoms with Crippen molar-refractivity contribution in [3.8, 4) is 0 Å². The van der Waals surface area contributed by atoms with Crippen LogP contribution in [0.4, 0.5) is 23.8 Å². The lowest BCUT2D eigenvalue weighted by Gasteiger charge is -2.42. The Morgan fingerprint density at radius 3 is 1.33 bits per heavy atom. The van der Waals surface area contributed by atoms with E-state index in [0.717, 1.165) is 0 Å². The number of hydrogen-bond donors (Lipinski definition) is 0. The predicted molar refractivity (Wildman–Crippen MR) is 27.7 cm³/mol. The molecular formula is CHF6O3S2-. The van der Waals surface area contributed by atoms with Crippen LogP contribution in [0.1, 0.15) is 0 Å². The van der Waals surface area contributed by atoms with Crippen LogP contribution in [0.5, 0.6) is 0 Å². The van der Waals surface area contributed by atoms with Crippen LogP contribution in [0.25, 0.3) is 0 Å². The summed E-state index contributed by atoms with van der Waals surface area (Å²) in [4.78, 5) is -5.64. The fraction of sp³-hybridized carbons (Fsp3) is 1.00. The van der Waals surface area contributed by atoms with E-state index >= 15 is 0 Å². The van der Waals surface area contributed by atoms with E-state index in [1.165, 1.54) is 0 Å². The normalized spacial score (nSPS) is 22.6. The van der Waals surface area contributed by atoms with Gasteiger partial charge in [0.15, 0.2) is 0 Å². The standard InChI is InChI=1S/CH2F6O3S2/c2-1(11(8,9)10)12(3,4,5,6)7/h1H,(H,8,9,10)/p-1. The van der Waals surface area contributed by atoms with Gasteiger partial charge in [0.05, 0.1) is 0 Å². The summed E-state index contributed by atoms with van der Waals surface area (Å²) in [5, 5.41) is 0. The Morgan fingerprint density at radius 2 is 1.33 bits per heavy atom. The van der Waals surface area contributed by atoms with E-state index in [0.29, 0.717) is 0 Å². The number of halogens is 6. The Labute approximate surface area is 62.8 Å².